The summed E-state index contributed by atoms with van der Waals surface area (Å²) in [6.07, 6.45) is -0.470. The Morgan fingerprint density at radius 3 is 1.04 bits per heavy atom. The van der Waals surface area contributed by atoms with Gasteiger partial charge in [0.05, 0.1) is 165 Å². The Hall–Kier alpha value is -1.81. The number of amides is 1. The Bertz CT molecular complexity index is 1010. The van der Waals surface area contributed by atoms with E-state index in [9.17, 15) is 4.79 Å². The van der Waals surface area contributed by atoms with Crippen molar-refractivity contribution in [2.75, 3.05) is 172 Å². The number of hydrogen-bond donors (Lipinski definition) is 1. The summed E-state index contributed by atoms with van der Waals surface area (Å²) < 4.78 is 77.2. The van der Waals surface area contributed by atoms with Crippen molar-refractivity contribution in [1.29, 1.82) is 0 Å². The molecule has 0 radical (unpaired) electrons. The zero-order chi connectivity index (χ0) is 41.4. The molecule has 1 rings (SSSR count). The van der Waals surface area contributed by atoms with Gasteiger partial charge in [-0.3, -0.25) is 0 Å². The molecule has 0 bridgehead atoms. The number of ether oxygens (including phenoxy) is 13. The number of carbonyl (C=O) groups excluding carboxylic acids is 1. The topological polar surface area (TPSA) is 158 Å². The molecule has 1 aromatic carbocycles. The molecular formula is C40H75NO15Si. The fourth-order valence-electron chi connectivity index (χ4n) is 4.09. The normalized spacial score (nSPS) is 12.0. The van der Waals surface area contributed by atoms with Crippen LogP contribution in [0.3, 0.4) is 0 Å². The molecule has 0 saturated carbocycles. The van der Waals surface area contributed by atoms with Gasteiger partial charge in [-0.2, -0.15) is 0 Å². The molecule has 1 amide bonds. The van der Waals surface area contributed by atoms with E-state index in [1.807, 2.05) is 30.3 Å². The minimum atomic E-state index is -1.71. The monoisotopic (exact) mass is 837 g/mol. The quantitative estimate of drug-likeness (QED) is 0.0740. The zero-order valence-corrected chi connectivity index (χ0v) is 36.6. The number of hydrogen-bond acceptors (Lipinski definition) is 15. The third-order valence-corrected chi connectivity index (χ3v) is 12.9. The first-order valence-electron chi connectivity index (χ1n) is 20.2. The maximum atomic E-state index is 11.7. The maximum absolute atomic E-state index is 11.7. The Kier molecular flexibility index (Phi) is 35.8. The van der Waals surface area contributed by atoms with Crippen molar-refractivity contribution in [3.05, 3.63) is 35.9 Å². The minimum Gasteiger partial charge on any atom is -0.445 e. The van der Waals surface area contributed by atoms with Gasteiger partial charge in [-0.05, 0) is 23.7 Å². The lowest BCUT2D eigenvalue weighted by Crippen LogP contribution is -2.41. The van der Waals surface area contributed by atoms with E-state index in [0.717, 1.165) is 5.56 Å². The third-order valence-electron chi connectivity index (χ3n) is 8.32. The molecule has 0 saturated heterocycles. The predicted octanol–water partition coefficient (Wildman–Crippen LogP) is 4.13. The molecule has 0 aliphatic carbocycles. The van der Waals surface area contributed by atoms with Gasteiger partial charge >= 0.3 is 6.09 Å². The Morgan fingerprint density at radius 1 is 0.456 bits per heavy atom. The van der Waals surface area contributed by atoms with Crippen molar-refractivity contribution in [3.8, 4) is 0 Å². The second-order valence-corrected chi connectivity index (χ2v) is 18.8. The summed E-state index contributed by atoms with van der Waals surface area (Å²) in [5.74, 6) is 0. The second kappa shape index (κ2) is 38.4. The Labute approximate surface area is 343 Å². The highest BCUT2D eigenvalue weighted by Crippen LogP contribution is 2.36. The van der Waals surface area contributed by atoms with Crippen LogP contribution in [-0.2, 0) is 72.6 Å². The highest BCUT2D eigenvalue weighted by Gasteiger charge is 2.36. The average Bonchev–Trinajstić information content (AvgIpc) is 3.19. The molecule has 0 atom stereocenters. The van der Waals surface area contributed by atoms with Gasteiger partial charge < -0.3 is 71.3 Å². The molecule has 0 aromatic heterocycles. The molecule has 1 N–H and O–H groups in total. The molecule has 334 valence electrons. The van der Waals surface area contributed by atoms with E-state index in [2.05, 4.69) is 39.2 Å². The van der Waals surface area contributed by atoms with Crippen molar-refractivity contribution < 1.29 is 70.8 Å². The molecule has 0 heterocycles. The standard InChI is InChI=1S/C40H75NO15Si/c1-40(2,3)57(4,5)56-36-35-54-34-33-53-32-31-52-30-29-51-28-27-50-26-25-49-24-23-48-22-21-47-20-19-46-18-17-45-16-15-44-14-13-43-12-11-41-39(42)55-37-38-9-7-6-8-10-38/h6-10H,11-37H2,1-5H3,(H,41,42). The van der Waals surface area contributed by atoms with Crippen molar-refractivity contribution in [1.82, 2.24) is 5.32 Å². The van der Waals surface area contributed by atoms with E-state index in [4.69, 9.17) is 66.0 Å². The fraction of sp³-hybridized carbons (Fsp3) is 0.825. The van der Waals surface area contributed by atoms with E-state index in [0.29, 0.717) is 172 Å². The maximum Gasteiger partial charge on any atom is 0.407 e. The fourth-order valence-corrected chi connectivity index (χ4v) is 5.12. The van der Waals surface area contributed by atoms with E-state index in [-0.39, 0.29) is 11.6 Å². The third kappa shape index (κ3) is 35.8. The number of rotatable bonds is 42. The van der Waals surface area contributed by atoms with E-state index in [1.165, 1.54) is 0 Å². The lowest BCUT2D eigenvalue weighted by Gasteiger charge is -2.36. The van der Waals surface area contributed by atoms with Gasteiger partial charge in [0.2, 0.25) is 0 Å². The predicted molar refractivity (Wildman–Crippen MR) is 218 cm³/mol. The lowest BCUT2D eigenvalue weighted by molar-refractivity contribution is -0.0285. The van der Waals surface area contributed by atoms with Gasteiger partial charge in [-0.15, -0.1) is 0 Å². The van der Waals surface area contributed by atoms with Crippen LogP contribution in [0.25, 0.3) is 0 Å². The summed E-state index contributed by atoms with van der Waals surface area (Å²) in [5.41, 5.74) is 0.937. The molecule has 1 aromatic rings. The Morgan fingerprint density at radius 2 is 0.737 bits per heavy atom. The number of carbonyl (C=O) groups is 1. The van der Waals surface area contributed by atoms with Gasteiger partial charge in [0, 0.05) is 6.54 Å². The number of benzene rings is 1. The molecule has 16 nitrogen and oxygen atoms in total. The summed E-state index contributed by atoms with van der Waals surface area (Å²) in [5, 5.41) is 2.86. The molecule has 57 heavy (non-hydrogen) atoms. The van der Waals surface area contributed by atoms with Gasteiger partial charge in [0.25, 0.3) is 0 Å². The molecule has 0 fully saturated rings. The first kappa shape index (κ1) is 53.2. The summed E-state index contributed by atoms with van der Waals surface area (Å²) in [6.45, 7) is 24.3. The van der Waals surface area contributed by atoms with Crippen LogP contribution in [0.15, 0.2) is 30.3 Å². The highest BCUT2D eigenvalue weighted by atomic mass is 28.4. The lowest BCUT2D eigenvalue weighted by atomic mass is 10.2. The average molecular weight is 838 g/mol. The second-order valence-electron chi connectivity index (χ2n) is 13.9. The van der Waals surface area contributed by atoms with E-state index >= 15 is 0 Å². The van der Waals surface area contributed by atoms with Gasteiger partial charge in [-0.1, -0.05) is 51.1 Å². The summed E-state index contributed by atoms with van der Waals surface area (Å²) >= 11 is 0. The molecule has 17 heteroatoms. The highest BCUT2D eigenvalue weighted by molar-refractivity contribution is 6.74. The number of nitrogens with one attached hydrogen (secondary N) is 1. The van der Waals surface area contributed by atoms with Crippen LogP contribution in [0.1, 0.15) is 26.3 Å². The van der Waals surface area contributed by atoms with Crippen LogP contribution in [0.4, 0.5) is 4.79 Å². The molecular weight excluding hydrogens is 763 g/mol. The first-order chi connectivity index (χ1) is 27.7. The number of alkyl carbamates (subject to hydrolysis) is 1. The summed E-state index contributed by atoms with van der Waals surface area (Å²) in [7, 11) is -1.71. The van der Waals surface area contributed by atoms with Crippen LogP contribution < -0.4 is 5.32 Å². The Balaban J connectivity index is 1.64. The van der Waals surface area contributed by atoms with Gasteiger partial charge in [0.1, 0.15) is 6.61 Å². The van der Waals surface area contributed by atoms with E-state index in [1.54, 1.807) is 0 Å². The molecule has 0 aliphatic heterocycles. The van der Waals surface area contributed by atoms with Crippen molar-refractivity contribution >= 4 is 14.4 Å². The smallest absolute Gasteiger partial charge is 0.407 e. The van der Waals surface area contributed by atoms with Crippen LogP contribution in [0.2, 0.25) is 18.1 Å². The minimum absolute atomic E-state index is 0.211. The van der Waals surface area contributed by atoms with Gasteiger partial charge in [-0.25, -0.2) is 4.79 Å². The molecule has 0 unspecified atom stereocenters. The van der Waals surface area contributed by atoms with Crippen LogP contribution >= 0.6 is 0 Å². The zero-order valence-electron chi connectivity index (χ0n) is 35.6. The SMILES string of the molecule is CC(C)(C)[Si](C)(C)OCCOCCOCCOCCOCCOCCOCCOCCOCCOCCOCCOCCOCCNC(=O)OCc1ccccc1. The van der Waals surface area contributed by atoms with Crippen molar-refractivity contribution in [2.24, 2.45) is 0 Å². The van der Waals surface area contributed by atoms with E-state index < -0.39 is 14.4 Å². The molecule has 0 spiro atoms. The summed E-state index contributed by atoms with van der Waals surface area (Å²) in [6, 6.07) is 9.51. The van der Waals surface area contributed by atoms with Crippen molar-refractivity contribution in [2.45, 2.75) is 45.5 Å². The van der Waals surface area contributed by atoms with Gasteiger partial charge in [0.15, 0.2) is 8.32 Å². The van der Waals surface area contributed by atoms with Crippen LogP contribution in [0.5, 0.6) is 0 Å². The molecule has 0 aliphatic rings. The van der Waals surface area contributed by atoms with Crippen LogP contribution in [0, 0.1) is 0 Å². The first-order valence-corrected chi connectivity index (χ1v) is 23.1. The van der Waals surface area contributed by atoms with Crippen molar-refractivity contribution in [3.63, 3.8) is 0 Å². The summed E-state index contributed by atoms with van der Waals surface area (Å²) in [4.78, 5) is 11.7. The van der Waals surface area contributed by atoms with Crippen LogP contribution in [-0.4, -0.2) is 186 Å². The largest absolute Gasteiger partial charge is 0.445 e.